The molecule has 132 valence electrons. The molecule has 1 aromatic rings. The third-order valence-electron chi connectivity index (χ3n) is 5.82. The van der Waals surface area contributed by atoms with E-state index >= 15 is 0 Å². The highest BCUT2D eigenvalue weighted by Gasteiger charge is 2.39. The zero-order chi connectivity index (χ0) is 15.8. The lowest BCUT2D eigenvalue weighted by molar-refractivity contribution is -0.122. The number of nitrogens with one attached hydrogen (secondary N) is 1. The minimum Gasteiger partial charge on any atom is -0.493 e. The van der Waals surface area contributed by atoms with Gasteiger partial charge < -0.3 is 15.8 Å². The monoisotopic (exact) mass is 350 g/mol. The summed E-state index contributed by atoms with van der Waals surface area (Å²) < 4.78 is 5.53. The van der Waals surface area contributed by atoms with Crippen molar-refractivity contribution in [1.82, 2.24) is 5.32 Å². The maximum absolute atomic E-state index is 12.5. The van der Waals surface area contributed by atoms with Gasteiger partial charge in [0.2, 0.25) is 5.91 Å². The molecule has 1 aromatic carbocycles. The Bertz CT molecular complexity index is 593. The van der Waals surface area contributed by atoms with E-state index in [1.54, 1.807) is 0 Å². The average Bonchev–Trinajstić information content (AvgIpc) is 2.95. The van der Waals surface area contributed by atoms with Crippen molar-refractivity contribution in [3.63, 3.8) is 0 Å². The van der Waals surface area contributed by atoms with E-state index in [1.807, 2.05) is 12.1 Å². The first-order valence-corrected chi connectivity index (χ1v) is 8.98. The minimum atomic E-state index is 0. The quantitative estimate of drug-likeness (QED) is 0.880. The molecular weight excluding hydrogens is 324 g/mol. The van der Waals surface area contributed by atoms with Crippen molar-refractivity contribution in [3.8, 4) is 5.75 Å². The van der Waals surface area contributed by atoms with Crippen LogP contribution in [0.25, 0.3) is 0 Å². The largest absolute Gasteiger partial charge is 0.493 e. The number of halogens is 1. The molecule has 24 heavy (non-hydrogen) atoms. The Morgan fingerprint density at radius 1 is 1.25 bits per heavy atom. The summed E-state index contributed by atoms with van der Waals surface area (Å²) >= 11 is 0. The third-order valence-corrected chi connectivity index (χ3v) is 5.82. The number of ether oxygens (including phenoxy) is 1. The fourth-order valence-electron chi connectivity index (χ4n) is 4.80. The standard InChI is InChI=1S/C19H26N2O2.ClH/c20-16-10-14-2-1-3-15(11-16)19(14)21-18(22)9-12-4-5-17-13(8-12)6-7-23-17;/h4-5,8,14-16,19H,1-3,6-7,9-11,20H2,(H,21,22);1H. The molecule has 4 rings (SSSR count). The molecule has 2 saturated carbocycles. The molecule has 1 aliphatic heterocycles. The third kappa shape index (κ3) is 3.55. The highest BCUT2D eigenvalue weighted by atomic mass is 35.5. The van der Waals surface area contributed by atoms with Crippen molar-refractivity contribution in [2.45, 2.75) is 57.0 Å². The lowest BCUT2D eigenvalue weighted by Gasteiger charge is -2.45. The molecule has 1 amide bonds. The number of rotatable bonds is 3. The van der Waals surface area contributed by atoms with Crippen LogP contribution in [0, 0.1) is 11.8 Å². The normalized spacial score (nSPS) is 30.7. The van der Waals surface area contributed by atoms with E-state index in [4.69, 9.17) is 10.5 Å². The van der Waals surface area contributed by atoms with E-state index in [0.717, 1.165) is 37.2 Å². The molecule has 5 heteroatoms. The topological polar surface area (TPSA) is 64.3 Å². The summed E-state index contributed by atoms with van der Waals surface area (Å²) in [5.41, 5.74) is 8.49. The van der Waals surface area contributed by atoms with Crippen molar-refractivity contribution in [3.05, 3.63) is 29.3 Å². The van der Waals surface area contributed by atoms with Crippen molar-refractivity contribution in [2.24, 2.45) is 17.6 Å². The van der Waals surface area contributed by atoms with Crippen LogP contribution in [0.15, 0.2) is 18.2 Å². The van der Waals surface area contributed by atoms with E-state index in [0.29, 0.717) is 30.3 Å². The van der Waals surface area contributed by atoms with Crippen LogP contribution in [0.4, 0.5) is 0 Å². The molecule has 2 bridgehead atoms. The summed E-state index contributed by atoms with van der Waals surface area (Å²) in [4.78, 5) is 12.5. The SMILES string of the molecule is Cl.NC1CC2CCCC(C1)C2NC(=O)Cc1ccc2c(c1)CCO2. The lowest BCUT2D eigenvalue weighted by atomic mass is 9.67. The van der Waals surface area contributed by atoms with Crippen LogP contribution < -0.4 is 15.8 Å². The van der Waals surface area contributed by atoms with E-state index in [9.17, 15) is 4.79 Å². The van der Waals surface area contributed by atoms with Crippen LogP contribution in [0.2, 0.25) is 0 Å². The van der Waals surface area contributed by atoms with Crippen molar-refractivity contribution < 1.29 is 9.53 Å². The first-order chi connectivity index (χ1) is 11.2. The van der Waals surface area contributed by atoms with Crippen LogP contribution in [0.5, 0.6) is 5.75 Å². The predicted molar refractivity (Wildman–Crippen MR) is 96.6 cm³/mol. The number of fused-ring (bicyclic) bond motifs is 3. The van der Waals surface area contributed by atoms with Crippen molar-refractivity contribution >= 4 is 18.3 Å². The summed E-state index contributed by atoms with van der Waals surface area (Å²) in [7, 11) is 0. The van der Waals surface area contributed by atoms with Gasteiger partial charge in [-0.25, -0.2) is 0 Å². The molecule has 0 radical (unpaired) electrons. The second kappa shape index (κ2) is 7.32. The van der Waals surface area contributed by atoms with Gasteiger partial charge in [-0.1, -0.05) is 18.6 Å². The van der Waals surface area contributed by atoms with E-state index < -0.39 is 0 Å². The second-order valence-electron chi connectivity index (χ2n) is 7.49. The number of hydrogen-bond donors (Lipinski definition) is 2. The fraction of sp³-hybridized carbons (Fsp3) is 0.632. The average molecular weight is 351 g/mol. The summed E-state index contributed by atoms with van der Waals surface area (Å²) in [6.45, 7) is 0.761. The Morgan fingerprint density at radius 3 is 2.75 bits per heavy atom. The van der Waals surface area contributed by atoms with E-state index in [2.05, 4.69) is 11.4 Å². The van der Waals surface area contributed by atoms with Crippen LogP contribution in [0.1, 0.15) is 43.2 Å². The van der Waals surface area contributed by atoms with Gasteiger partial charge in [0.05, 0.1) is 13.0 Å². The van der Waals surface area contributed by atoms with Gasteiger partial charge in [-0.15, -0.1) is 12.4 Å². The van der Waals surface area contributed by atoms with Crippen LogP contribution in [-0.2, 0) is 17.6 Å². The Morgan fingerprint density at radius 2 is 2.00 bits per heavy atom. The highest BCUT2D eigenvalue weighted by molar-refractivity contribution is 5.85. The minimum absolute atomic E-state index is 0. The Balaban J connectivity index is 0.00000169. The summed E-state index contributed by atoms with van der Waals surface area (Å²) in [6.07, 6.45) is 7.27. The van der Waals surface area contributed by atoms with Crippen LogP contribution in [0.3, 0.4) is 0 Å². The van der Waals surface area contributed by atoms with E-state index in [1.165, 1.54) is 24.8 Å². The Hall–Kier alpha value is -1.26. The fourth-order valence-corrected chi connectivity index (χ4v) is 4.80. The van der Waals surface area contributed by atoms with Crippen molar-refractivity contribution in [2.75, 3.05) is 6.61 Å². The Labute approximate surface area is 149 Å². The number of carbonyl (C=O) groups excluding carboxylic acids is 1. The predicted octanol–water partition coefficient (Wildman–Crippen LogP) is 2.61. The number of hydrogen-bond acceptors (Lipinski definition) is 3. The smallest absolute Gasteiger partial charge is 0.224 e. The molecule has 4 nitrogen and oxygen atoms in total. The van der Waals surface area contributed by atoms with Gasteiger partial charge in [0.25, 0.3) is 0 Å². The molecule has 2 fully saturated rings. The second-order valence-corrected chi connectivity index (χ2v) is 7.49. The molecule has 0 saturated heterocycles. The molecular formula is C19H27ClN2O2. The van der Waals surface area contributed by atoms with Crippen LogP contribution >= 0.6 is 12.4 Å². The Kier molecular flexibility index (Phi) is 5.36. The lowest BCUT2D eigenvalue weighted by Crippen LogP contribution is -2.54. The van der Waals surface area contributed by atoms with Crippen molar-refractivity contribution in [1.29, 1.82) is 0 Å². The molecule has 0 aromatic heterocycles. The summed E-state index contributed by atoms with van der Waals surface area (Å²) in [6, 6.07) is 6.81. The molecule has 3 aliphatic rings. The van der Waals surface area contributed by atoms with Gasteiger partial charge >= 0.3 is 0 Å². The highest BCUT2D eigenvalue weighted by Crippen LogP contribution is 2.39. The van der Waals surface area contributed by atoms with E-state index in [-0.39, 0.29) is 18.3 Å². The molecule has 2 aliphatic carbocycles. The maximum atomic E-state index is 12.5. The van der Waals surface area contributed by atoms with Gasteiger partial charge in [-0.3, -0.25) is 4.79 Å². The maximum Gasteiger partial charge on any atom is 0.224 e. The molecule has 0 spiro atoms. The number of benzene rings is 1. The summed E-state index contributed by atoms with van der Waals surface area (Å²) in [5, 5.41) is 3.33. The molecule has 2 atom stereocenters. The van der Waals surface area contributed by atoms with Gasteiger partial charge in [0, 0.05) is 18.5 Å². The number of nitrogens with two attached hydrogens (primary N) is 1. The summed E-state index contributed by atoms with van der Waals surface area (Å²) in [5.74, 6) is 2.29. The van der Waals surface area contributed by atoms with Crippen LogP contribution in [-0.4, -0.2) is 24.6 Å². The molecule has 2 unspecified atom stereocenters. The molecule has 3 N–H and O–H groups in total. The number of carbonyl (C=O) groups is 1. The van der Waals surface area contributed by atoms with Gasteiger partial charge in [0.15, 0.2) is 0 Å². The zero-order valence-corrected chi connectivity index (χ0v) is 14.8. The first kappa shape index (κ1) is 17.6. The van der Waals surface area contributed by atoms with Gasteiger partial charge in [-0.2, -0.15) is 0 Å². The number of amides is 1. The zero-order valence-electron chi connectivity index (χ0n) is 14.0. The van der Waals surface area contributed by atoms with Gasteiger partial charge in [-0.05, 0) is 54.7 Å². The van der Waals surface area contributed by atoms with Gasteiger partial charge in [0.1, 0.15) is 5.75 Å². The molecule has 1 heterocycles. The first-order valence-electron chi connectivity index (χ1n) is 8.98.